The zero-order valence-corrected chi connectivity index (χ0v) is 11.2. The fourth-order valence-corrected chi connectivity index (χ4v) is 3.23. The SMILES string of the molecule is CN(C)CC1[C@H]2CN(c3nccnc3C(=O)O)C[C@@H]12. The average Bonchev–Trinajstić information content (AvgIpc) is 2.84. The average molecular weight is 262 g/mol. The second kappa shape index (κ2) is 4.45. The zero-order valence-electron chi connectivity index (χ0n) is 11.2. The number of hydrogen-bond acceptors (Lipinski definition) is 5. The Morgan fingerprint density at radius 3 is 2.58 bits per heavy atom. The molecule has 1 aromatic rings. The molecule has 19 heavy (non-hydrogen) atoms. The molecule has 0 spiro atoms. The van der Waals surface area contributed by atoms with Gasteiger partial charge in [0.05, 0.1) is 0 Å². The van der Waals surface area contributed by atoms with Crippen LogP contribution in [0, 0.1) is 17.8 Å². The van der Waals surface area contributed by atoms with Crippen molar-refractivity contribution in [2.75, 3.05) is 38.6 Å². The maximum atomic E-state index is 11.1. The summed E-state index contributed by atoms with van der Waals surface area (Å²) in [4.78, 5) is 23.5. The van der Waals surface area contributed by atoms with Crippen LogP contribution < -0.4 is 4.90 Å². The lowest BCUT2D eigenvalue weighted by Crippen LogP contribution is -2.29. The molecule has 1 unspecified atom stereocenters. The molecule has 102 valence electrons. The lowest BCUT2D eigenvalue weighted by molar-refractivity contribution is 0.0690. The van der Waals surface area contributed by atoms with Gasteiger partial charge in [-0.2, -0.15) is 0 Å². The van der Waals surface area contributed by atoms with Gasteiger partial charge in [-0.05, 0) is 31.8 Å². The van der Waals surface area contributed by atoms with E-state index in [-0.39, 0.29) is 5.69 Å². The third-order valence-corrected chi connectivity index (χ3v) is 4.13. The Morgan fingerprint density at radius 1 is 1.37 bits per heavy atom. The van der Waals surface area contributed by atoms with Gasteiger partial charge in [0.25, 0.3) is 0 Å². The minimum Gasteiger partial charge on any atom is -0.476 e. The quantitative estimate of drug-likeness (QED) is 0.848. The second-order valence-electron chi connectivity index (χ2n) is 5.69. The molecular weight excluding hydrogens is 244 g/mol. The number of aromatic nitrogens is 2. The van der Waals surface area contributed by atoms with Crippen molar-refractivity contribution in [2.24, 2.45) is 17.8 Å². The van der Waals surface area contributed by atoms with Crippen LogP contribution in [0.25, 0.3) is 0 Å². The van der Waals surface area contributed by atoms with Gasteiger partial charge >= 0.3 is 5.97 Å². The first kappa shape index (κ1) is 12.3. The summed E-state index contributed by atoms with van der Waals surface area (Å²) in [6.45, 7) is 2.93. The second-order valence-corrected chi connectivity index (χ2v) is 5.69. The van der Waals surface area contributed by atoms with Crippen LogP contribution in [0.2, 0.25) is 0 Å². The molecule has 0 bridgehead atoms. The number of piperidine rings is 1. The fourth-order valence-electron chi connectivity index (χ4n) is 3.23. The first-order valence-corrected chi connectivity index (χ1v) is 6.52. The summed E-state index contributed by atoms with van der Waals surface area (Å²) in [5.41, 5.74) is 0.0629. The van der Waals surface area contributed by atoms with Crippen molar-refractivity contribution >= 4 is 11.8 Å². The first-order valence-electron chi connectivity index (χ1n) is 6.52. The Balaban J connectivity index is 1.70. The number of nitrogens with zero attached hydrogens (tertiary/aromatic N) is 4. The van der Waals surface area contributed by atoms with Crippen molar-refractivity contribution in [1.82, 2.24) is 14.9 Å². The molecule has 0 amide bonds. The molecule has 2 fully saturated rings. The van der Waals surface area contributed by atoms with Crippen molar-refractivity contribution < 1.29 is 9.90 Å². The predicted molar refractivity (Wildman–Crippen MR) is 70.2 cm³/mol. The summed E-state index contributed by atoms with van der Waals surface area (Å²) in [5, 5.41) is 9.14. The van der Waals surface area contributed by atoms with E-state index in [1.54, 1.807) is 6.20 Å². The van der Waals surface area contributed by atoms with Crippen LogP contribution in [0.15, 0.2) is 12.4 Å². The molecule has 1 saturated heterocycles. The molecule has 3 rings (SSSR count). The summed E-state index contributed by atoms with van der Waals surface area (Å²) < 4.78 is 0. The summed E-state index contributed by atoms with van der Waals surface area (Å²) in [6, 6.07) is 0. The Hall–Kier alpha value is -1.69. The molecule has 1 aliphatic heterocycles. The lowest BCUT2D eigenvalue weighted by atomic mass is 10.2. The lowest BCUT2D eigenvalue weighted by Gasteiger charge is -2.22. The van der Waals surface area contributed by atoms with E-state index >= 15 is 0 Å². The number of carboxylic acids is 1. The zero-order chi connectivity index (χ0) is 13.6. The predicted octanol–water partition coefficient (Wildman–Crippen LogP) is 0.419. The van der Waals surface area contributed by atoms with Crippen LogP contribution in [0.5, 0.6) is 0 Å². The summed E-state index contributed by atoms with van der Waals surface area (Å²) in [5.74, 6) is 1.65. The highest BCUT2D eigenvalue weighted by Gasteiger charge is 2.55. The van der Waals surface area contributed by atoms with E-state index in [0.717, 1.165) is 25.6 Å². The van der Waals surface area contributed by atoms with Crippen molar-refractivity contribution in [3.05, 3.63) is 18.1 Å². The fraction of sp³-hybridized carbons (Fsp3) is 0.615. The van der Waals surface area contributed by atoms with E-state index in [1.165, 1.54) is 6.20 Å². The maximum Gasteiger partial charge on any atom is 0.358 e. The third kappa shape index (κ3) is 2.16. The van der Waals surface area contributed by atoms with Gasteiger partial charge in [0, 0.05) is 32.0 Å². The summed E-state index contributed by atoms with van der Waals surface area (Å²) in [7, 11) is 4.19. The normalized spacial score (nSPS) is 28.6. The summed E-state index contributed by atoms with van der Waals surface area (Å²) >= 11 is 0. The highest BCUT2D eigenvalue weighted by Crippen LogP contribution is 2.52. The van der Waals surface area contributed by atoms with Gasteiger partial charge in [-0.25, -0.2) is 14.8 Å². The number of anilines is 1. The van der Waals surface area contributed by atoms with E-state index in [0.29, 0.717) is 17.7 Å². The Kier molecular flexibility index (Phi) is 2.89. The molecule has 6 nitrogen and oxygen atoms in total. The van der Waals surface area contributed by atoms with E-state index in [2.05, 4.69) is 33.9 Å². The van der Waals surface area contributed by atoms with Gasteiger partial charge in [0.1, 0.15) is 0 Å². The number of rotatable bonds is 4. The molecule has 2 heterocycles. The molecular formula is C13H18N4O2. The molecule has 0 radical (unpaired) electrons. The standard InChI is InChI=1S/C13H18N4O2/c1-16(2)5-8-9-6-17(7-10(8)9)12-11(13(18)19)14-3-4-15-12/h3-4,8-10H,5-7H2,1-2H3,(H,18,19)/t8?,9-,10+. The molecule has 1 aliphatic carbocycles. The highest BCUT2D eigenvalue weighted by atomic mass is 16.4. The van der Waals surface area contributed by atoms with Crippen molar-refractivity contribution in [2.45, 2.75) is 0 Å². The van der Waals surface area contributed by atoms with Crippen molar-refractivity contribution in [3.63, 3.8) is 0 Å². The van der Waals surface area contributed by atoms with E-state index in [9.17, 15) is 4.79 Å². The number of aromatic carboxylic acids is 1. The van der Waals surface area contributed by atoms with Crippen LogP contribution in [-0.4, -0.2) is 59.7 Å². The Bertz CT molecular complexity index is 493. The summed E-state index contributed by atoms with van der Waals surface area (Å²) in [6.07, 6.45) is 2.99. The molecule has 0 aromatic carbocycles. The third-order valence-electron chi connectivity index (χ3n) is 4.13. The number of carbonyl (C=O) groups is 1. The van der Waals surface area contributed by atoms with Crippen molar-refractivity contribution in [3.8, 4) is 0 Å². The van der Waals surface area contributed by atoms with Crippen molar-refractivity contribution in [1.29, 1.82) is 0 Å². The minimum absolute atomic E-state index is 0.0629. The maximum absolute atomic E-state index is 11.1. The van der Waals surface area contributed by atoms with Gasteiger partial charge in [-0.3, -0.25) is 0 Å². The smallest absolute Gasteiger partial charge is 0.358 e. The highest BCUT2D eigenvalue weighted by molar-refractivity contribution is 5.91. The van der Waals surface area contributed by atoms with Crippen LogP contribution in [0.1, 0.15) is 10.5 Å². The monoisotopic (exact) mass is 262 g/mol. The Morgan fingerprint density at radius 2 is 2.00 bits per heavy atom. The molecule has 3 atom stereocenters. The largest absolute Gasteiger partial charge is 0.476 e. The topological polar surface area (TPSA) is 69.6 Å². The van der Waals surface area contributed by atoms with Gasteiger partial charge in [-0.15, -0.1) is 0 Å². The molecule has 6 heteroatoms. The number of fused-ring (bicyclic) bond motifs is 1. The van der Waals surface area contributed by atoms with Crippen LogP contribution in [0.4, 0.5) is 5.82 Å². The number of hydrogen-bond donors (Lipinski definition) is 1. The molecule has 2 aliphatic rings. The Labute approximate surface area is 112 Å². The first-order chi connectivity index (χ1) is 9.08. The molecule has 1 saturated carbocycles. The van der Waals surface area contributed by atoms with Crippen LogP contribution >= 0.6 is 0 Å². The number of carboxylic acid groups (broad SMARTS) is 1. The minimum atomic E-state index is -1.01. The van der Waals surface area contributed by atoms with Crippen LogP contribution in [0.3, 0.4) is 0 Å². The molecule has 1 aromatic heterocycles. The van der Waals surface area contributed by atoms with Gasteiger partial charge in [-0.1, -0.05) is 0 Å². The van der Waals surface area contributed by atoms with Crippen LogP contribution in [-0.2, 0) is 0 Å². The molecule has 1 N–H and O–H groups in total. The van der Waals surface area contributed by atoms with Gasteiger partial charge in [0.15, 0.2) is 11.5 Å². The van der Waals surface area contributed by atoms with Gasteiger partial charge in [0.2, 0.25) is 0 Å². The van der Waals surface area contributed by atoms with E-state index < -0.39 is 5.97 Å². The van der Waals surface area contributed by atoms with E-state index in [4.69, 9.17) is 5.11 Å². The van der Waals surface area contributed by atoms with Gasteiger partial charge < -0.3 is 14.9 Å². The van der Waals surface area contributed by atoms with E-state index in [1.807, 2.05) is 0 Å².